The number of amides is 1. The number of rotatable bonds is 3. The molecule has 0 saturated heterocycles. The highest BCUT2D eigenvalue weighted by Gasteiger charge is 2.36. The van der Waals surface area contributed by atoms with Crippen molar-refractivity contribution in [1.82, 2.24) is 5.43 Å². The minimum absolute atomic E-state index is 0.106. The number of fused-ring (bicyclic) bond motifs is 1. The van der Waals surface area contributed by atoms with Crippen LogP contribution in [0.25, 0.3) is 0 Å². The molecule has 0 aliphatic heterocycles. The predicted molar refractivity (Wildman–Crippen MR) is 92.9 cm³/mol. The summed E-state index contributed by atoms with van der Waals surface area (Å²) in [6.07, 6.45) is 1.14. The summed E-state index contributed by atoms with van der Waals surface area (Å²) in [5, 5.41) is 13.5. The van der Waals surface area contributed by atoms with Gasteiger partial charge in [-0.2, -0.15) is 5.10 Å². The Balaban J connectivity index is 1.94. The Morgan fingerprint density at radius 1 is 1.23 bits per heavy atom. The second-order valence-electron chi connectivity index (χ2n) is 7.18. The number of halogens is 1. The lowest BCUT2D eigenvalue weighted by Gasteiger charge is -2.29. The molecule has 0 bridgehead atoms. The van der Waals surface area contributed by atoms with Crippen molar-refractivity contribution in [3.8, 4) is 0 Å². The zero-order valence-corrected chi connectivity index (χ0v) is 14.7. The van der Waals surface area contributed by atoms with Gasteiger partial charge in [-0.1, -0.05) is 13.8 Å². The number of carbonyl (C=O) groups is 2. The Labute approximate surface area is 149 Å². The van der Waals surface area contributed by atoms with Gasteiger partial charge >= 0.3 is 5.97 Å². The average Bonchev–Trinajstić information content (AvgIpc) is 2.88. The topological polar surface area (TPSA) is 91.9 Å². The van der Waals surface area contributed by atoms with Crippen LogP contribution in [0.5, 0.6) is 0 Å². The van der Waals surface area contributed by atoms with Gasteiger partial charge in [0, 0.05) is 23.1 Å². The van der Waals surface area contributed by atoms with E-state index < -0.39 is 17.7 Å². The molecule has 0 atom stereocenters. The molecular formula is C19H19FN2O4. The SMILES string of the molecule is Cc1c(C(=O)O)oc2c1/C(=N/NC(=O)c1ccc(F)cc1)CC(C)(C)C2. The number of hydrogen-bond donors (Lipinski definition) is 2. The Morgan fingerprint density at radius 3 is 2.50 bits per heavy atom. The predicted octanol–water partition coefficient (Wildman–Crippen LogP) is 3.53. The van der Waals surface area contributed by atoms with Crippen LogP contribution in [0.2, 0.25) is 0 Å². The fourth-order valence-electron chi connectivity index (χ4n) is 3.20. The second-order valence-corrected chi connectivity index (χ2v) is 7.18. The van der Waals surface area contributed by atoms with Crippen LogP contribution >= 0.6 is 0 Å². The van der Waals surface area contributed by atoms with Gasteiger partial charge in [-0.25, -0.2) is 14.6 Å². The van der Waals surface area contributed by atoms with Crippen LogP contribution in [0.4, 0.5) is 4.39 Å². The van der Waals surface area contributed by atoms with Crippen LogP contribution in [0.15, 0.2) is 33.8 Å². The van der Waals surface area contributed by atoms with Crippen molar-refractivity contribution in [2.24, 2.45) is 10.5 Å². The molecule has 0 unspecified atom stereocenters. The summed E-state index contributed by atoms with van der Waals surface area (Å²) in [5.74, 6) is -1.58. The van der Waals surface area contributed by atoms with E-state index >= 15 is 0 Å². The van der Waals surface area contributed by atoms with Crippen molar-refractivity contribution < 1.29 is 23.5 Å². The molecule has 2 N–H and O–H groups in total. The zero-order valence-electron chi connectivity index (χ0n) is 14.7. The Hall–Kier alpha value is -2.96. The number of hydrazone groups is 1. The molecule has 0 spiro atoms. The van der Waals surface area contributed by atoms with Gasteiger partial charge in [0.2, 0.25) is 5.76 Å². The van der Waals surface area contributed by atoms with E-state index in [9.17, 15) is 19.1 Å². The van der Waals surface area contributed by atoms with E-state index in [-0.39, 0.29) is 16.7 Å². The molecule has 1 aliphatic rings. The highest BCUT2D eigenvalue weighted by Crippen LogP contribution is 2.38. The minimum Gasteiger partial charge on any atom is -0.475 e. The number of hydrogen-bond acceptors (Lipinski definition) is 4. The summed E-state index contributed by atoms with van der Waals surface area (Å²) in [5.41, 5.74) is 4.27. The van der Waals surface area contributed by atoms with Crippen molar-refractivity contribution in [2.45, 2.75) is 33.6 Å². The van der Waals surface area contributed by atoms with E-state index in [0.717, 1.165) is 0 Å². The van der Waals surface area contributed by atoms with E-state index in [1.165, 1.54) is 24.3 Å². The van der Waals surface area contributed by atoms with E-state index in [1.54, 1.807) is 6.92 Å². The summed E-state index contributed by atoms with van der Waals surface area (Å²) in [6.45, 7) is 5.71. The number of aromatic carboxylic acids is 1. The lowest BCUT2D eigenvalue weighted by Crippen LogP contribution is -2.29. The number of furan rings is 1. The van der Waals surface area contributed by atoms with E-state index in [0.29, 0.717) is 35.4 Å². The molecule has 1 aliphatic carbocycles. The molecule has 1 heterocycles. The van der Waals surface area contributed by atoms with Crippen molar-refractivity contribution in [1.29, 1.82) is 0 Å². The van der Waals surface area contributed by atoms with Gasteiger partial charge in [0.1, 0.15) is 11.6 Å². The summed E-state index contributed by atoms with van der Waals surface area (Å²) in [7, 11) is 0. The number of nitrogens with zero attached hydrogens (tertiary/aromatic N) is 1. The third-order valence-electron chi connectivity index (χ3n) is 4.39. The van der Waals surface area contributed by atoms with Crippen molar-refractivity contribution in [2.75, 3.05) is 0 Å². The summed E-state index contributed by atoms with van der Waals surface area (Å²) >= 11 is 0. The molecule has 6 nitrogen and oxygen atoms in total. The largest absolute Gasteiger partial charge is 0.475 e. The van der Waals surface area contributed by atoms with Crippen LogP contribution in [0, 0.1) is 18.2 Å². The minimum atomic E-state index is -1.13. The fourth-order valence-corrected chi connectivity index (χ4v) is 3.20. The normalized spacial score (nSPS) is 17.0. The van der Waals surface area contributed by atoms with Gasteiger partial charge < -0.3 is 9.52 Å². The third-order valence-corrected chi connectivity index (χ3v) is 4.39. The number of carboxylic acids is 1. The van der Waals surface area contributed by atoms with Gasteiger partial charge in [0.15, 0.2) is 0 Å². The molecule has 136 valence electrons. The molecule has 0 fully saturated rings. The van der Waals surface area contributed by atoms with Crippen molar-refractivity contribution in [3.05, 3.63) is 58.3 Å². The van der Waals surface area contributed by atoms with Crippen LogP contribution < -0.4 is 5.43 Å². The lowest BCUT2D eigenvalue weighted by molar-refractivity contribution is 0.0657. The third kappa shape index (κ3) is 3.37. The molecule has 26 heavy (non-hydrogen) atoms. The number of carboxylic acid groups (broad SMARTS) is 1. The smallest absolute Gasteiger partial charge is 0.372 e. The van der Waals surface area contributed by atoms with Gasteiger partial charge in [-0.15, -0.1) is 0 Å². The highest BCUT2D eigenvalue weighted by atomic mass is 19.1. The first-order valence-electron chi connectivity index (χ1n) is 8.16. The fraction of sp³-hybridized carbons (Fsp3) is 0.316. The molecule has 1 aromatic heterocycles. The van der Waals surface area contributed by atoms with Crippen LogP contribution in [-0.2, 0) is 6.42 Å². The molecule has 7 heteroatoms. The summed E-state index contributed by atoms with van der Waals surface area (Å²) in [4.78, 5) is 23.6. The maximum atomic E-state index is 13.0. The standard InChI is InChI=1S/C19H19FN2O4/c1-10-15-13(21-22-17(23)11-4-6-12(20)7-5-11)8-19(2,3)9-14(15)26-16(10)18(24)25/h4-7H,8-9H2,1-3H3,(H,22,23)(H,24,25)/b21-13+. The van der Waals surface area contributed by atoms with E-state index in [4.69, 9.17) is 4.42 Å². The number of carbonyl (C=O) groups excluding carboxylic acids is 1. The van der Waals surface area contributed by atoms with Crippen molar-refractivity contribution >= 4 is 17.6 Å². The molecule has 3 rings (SSSR count). The van der Waals surface area contributed by atoms with Gasteiger partial charge in [0.05, 0.1) is 5.71 Å². The Kier molecular flexibility index (Phi) is 4.39. The van der Waals surface area contributed by atoms with Crippen LogP contribution in [-0.4, -0.2) is 22.7 Å². The lowest BCUT2D eigenvalue weighted by atomic mass is 9.75. The number of benzene rings is 1. The quantitative estimate of drug-likeness (QED) is 0.821. The molecule has 2 aromatic rings. The first-order valence-corrected chi connectivity index (χ1v) is 8.16. The first-order chi connectivity index (χ1) is 12.2. The van der Waals surface area contributed by atoms with Crippen LogP contribution in [0.3, 0.4) is 0 Å². The number of nitrogens with one attached hydrogen (secondary N) is 1. The van der Waals surface area contributed by atoms with Crippen LogP contribution in [0.1, 0.15) is 58.1 Å². The summed E-state index contributed by atoms with van der Waals surface area (Å²) in [6, 6.07) is 5.13. The molecule has 1 amide bonds. The van der Waals surface area contributed by atoms with Gasteiger partial charge in [-0.05, 0) is 43.0 Å². The van der Waals surface area contributed by atoms with E-state index in [2.05, 4.69) is 10.5 Å². The first kappa shape index (κ1) is 17.8. The molecule has 0 saturated carbocycles. The van der Waals surface area contributed by atoms with Gasteiger partial charge in [0.25, 0.3) is 5.91 Å². The highest BCUT2D eigenvalue weighted by molar-refractivity contribution is 6.07. The Bertz CT molecular complexity index is 910. The summed E-state index contributed by atoms with van der Waals surface area (Å²) < 4.78 is 18.5. The average molecular weight is 358 g/mol. The second kappa shape index (κ2) is 6.40. The zero-order chi connectivity index (χ0) is 19.1. The van der Waals surface area contributed by atoms with Crippen molar-refractivity contribution in [3.63, 3.8) is 0 Å². The van der Waals surface area contributed by atoms with Gasteiger partial charge in [-0.3, -0.25) is 4.79 Å². The maximum Gasteiger partial charge on any atom is 0.372 e. The van der Waals surface area contributed by atoms with E-state index in [1.807, 2.05) is 13.8 Å². The Morgan fingerprint density at radius 2 is 1.88 bits per heavy atom. The molecule has 0 radical (unpaired) electrons. The molecular weight excluding hydrogens is 339 g/mol. The maximum absolute atomic E-state index is 13.0. The molecule has 1 aromatic carbocycles. The monoisotopic (exact) mass is 358 g/mol.